The Hall–Kier alpha value is -0.900. The van der Waals surface area contributed by atoms with Gasteiger partial charge in [0, 0.05) is 17.1 Å². The summed E-state index contributed by atoms with van der Waals surface area (Å²) < 4.78 is 0.962. The molecule has 1 amide bonds. The van der Waals surface area contributed by atoms with Crippen molar-refractivity contribution in [1.29, 1.82) is 0 Å². The molecule has 1 aliphatic rings. The summed E-state index contributed by atoms with van der Waals surface area (Å²) in [7, 11) is 0. The van der Waals surface area contributed by atoms with Gasteiger partial charge in [-0.25, -0.2) is 4.98 Å². The van der Waals surface area contributed by atoms with E-state index in [1.54, 1.807) is 6.20 Å². The number of carbonyl (C=O) groups excluding carboxylic acids is 1. The molecule has 3 nitrogen and oxygen atoms in total. The quantitative estimate of drug-likeness (QED) is 0.925. The van der Waals surface area contributed by atoms with Crippen LogP contribution in [0.5, 0.6) is 0 Å². The van der Waals surface area contributed by atoms with Gasteiger partial charge >= 0.3 is 0 Å². The van der Waals surface area contributed by atoms with Crippen LogP contribution in [-0.2, 0) is 4.79 Å². The van der Waals surface area contributed by atoms with Crippen LogP contribution in [0.15, 0.2) is 16.7 Å². The minimum absolute atomic E-state index is 0.0823. The number of halogens is 1. The number of nitrogens with zero attached hydrogens (tertiary/aromatic N) is 1. The van der Waals surface area contributed by atoms with Gasteiger partial charge in [-0.1, -0.05) is 6.42 Å². The largest absolute Gasteiger partial charge is 0.311 e. The SMILES string of the molecule is Cc1cc(NC(=O)CC2CCC2)ncc1Br. The highest BCUT2D eigenvalue weighted by Crippen LogP contribution is 2.29. The fourth-order valence-corrected chi connectivity index (χ4v) is 1.98. The highest BCUT2D eigenvalue weighted by molar-refractivity contribution is 9.10. The molecule has 16 heavy (non-hydrogen) atoms. The van der Waals surface area contributed by atoms with Gasteiger partial charge < -0.3 is 5.32 Å². The molecule has 0 aromatic carbocycles. The number of aromatic nitrogens is 1. The van der Waals surface area contributed by atoms with Gasteiger partial charge in [0.2, 0.25) is 5.91 Å². The monoisotopic (exact) mass is 282 g/mol. The summed E-state index contributed by atoms with van der Waals surface area (Å²) in [6, 6.07) is 1.88. The van der Waals surface area contributed by atoms with Crippen molar-refractivity contribution in [3.63, 3.8) is 0 Å². The highest BCUT2D eigenvalue weighted by Gasteiger charge is 2.20. The molecule has 0 spiro atoms. The molecule has 4 heteroatoms. The Bertz CT molecular complexity index is 402. The van der Waals surface area contributed by atoms with E-state index in [1.165, 1.54) is 19.3 Å². The fraction of sp³-hybridized carbons (Fsp3) is 0.500. The second-order valence-electron chi connectivity index (χ2n) is 4.37. The molecule has 1 aromatic heterocycles. The number of hydrogen-bond donors (Lipinski definition) is 1. The summed E-state index contributed by atoms with van der Waals surface area (Å²) in [6.45, 7) is 1.98. The predicted molar refractivity (Wildman–Crippen MR) is 67.3 cm³/mol. The van der Waals surface area contributed by atoms with Crippen LogP contribution < -0.4 is 5.32 Å². The fourth-order valence-electron chi connectivity index (χ4n) is 1.76. The van der Waals surface area contributed by atoms with E-state index in [0.29, 0.717) is 18.2 Å². The van der Waals surface area contributed by atoms with Crippen LogP contribution in [0, 0.1) is 12.8 Å². The number of amides is 1. The normalized spacial score (nSPS) is 15.6. The zero-order valence-corrected chi connectivity index (χ0v) is 10.9. The summed E-state index contributed by atoms with van der Waals surface area (Å²) >= 11 is 3.38. The summed E-state index contributed by atoms with van der Waals surface area (Å²) in [5.74, 6) is 1.32. The molecule has 86 valence electrons. The van der Waals surface area contributed by atoms with E-state index in [9.17, 15) is 4.79 Å². The van der Waals surface area contributed by atoms with E-state index < -0.39 is 0 Å². The highest BCUT2D eigenvalue weighted by atomic mass is 79.9. The van der Waals surface area contributed by atoms with Gasteiger partial charge in [0.05, 0.1) is 0 Å². The van der Waals surface area contributed by atoms with Crippen LogP contribution in [-0.4, -0.2) is 10.9 Å². The molecule has 0 radical (unpaired) electrons. The number of rotatable bonds is 3. The molecule has 0 bridgehead atoms. The molecule has 0 saturated heterocycles. The first-order valence-corrected chi connectivity index (χ1v) is 6.36. The number of hydrogen-bond acceptors (Lipinski definition) is 2. The zero-order chi connectivity index (χ0) is 11.5. The van der Waals surface area contributed by atoms with Gasteiger partial charge in [0.1, 0.15) is 5.82 Å². The Morgan fingerprint density at radius 3 is 2.94 bits per heavy atom. The Morgan fingerprint density at radius 1 is 1.62 bits per heavy atom. The van der Waals surface area contributed by atoms with Crippen molar-refractivity contribution in [2.75, 3.05) is 5.32 Å². The molecule has 0 atom stereocenters. The minimum atomic E-state index is 0.0823. The molecule has 1 aromatic rings. The van der Waals surface area contributed by atoms with Crippen molar-refractivity contribution in [2.45, 2.75) is 32.6 Å². The summed E-state index contributed by atoms with van der Waals surface area (Å²) in [4.78, 5) is 15.8. The number of pyridine rings is 1. The first-order valence-electron chi connectivity index (χ1n) is 5.57. The molecule has 1 heterocycles. The van der Waals surface area contributed by atoms with Crippen LogP contribution in [0.1, 0.15) is 31.2 Å². The Kier molecular flexibility index (Phi) is 3.59. The van der Waals surface area contributed by atoms with Crippen LogP contribution in [0.3, 0.4) is 0 Å². The van der Waals surface area contributed by atoms with Crippen molar-refractivity contribution in [3.05, 3.63) is 22.3 Å². The molecule has 0 unspecified atom stereocenters. The summed E-state index contributed by atoms with van der Waals surface area (Å²) in [6.07, 6.45) is 6.01. The van der Waals surface area contributed by atoms with E-state index in [4.69, 9.17) is 0 Å². The number of carbonyl (C=O) groups is 1. The maximum Gasteiger partial charge on any atom is 0.225 e. The lowest BCUT2D eigenvalue weighted by Gasteiger charge is -2.24. The third-order valence-corrected chi connectivity index (χ3v) is 3.84. The van der Waals surface area contributed by atoms with Crippen molar-refractivity contribution in [1.82, 2.24) is 4.98 Å². The van der Waals surface area contributed by atoms with Crippen LogP contribution >= 0.6 is 15.9 Å². The van der Waals surface area contributed by atoms with E-state index in [0.717, 1.165) is 10.0 Å². The first kappa shape index (κ1) is 11.6. The lowest BCUT2D eigenvalue weighted by atomic mass is 9.83. The maximum absolute atomic E-state index is 11.6. The average Bonchev–Trinajstić information content (AvgIpc) is 2.18. The molecule has 1 fully saturated rings. The number of nitrogens with one attached hydrogen (secondary N) is 1. The second-order valence-corrected chi connectivity index (χ2v) is 5.22. The molecule has 1 saturated carbocycles. The zero-order valence-electron chi connectivity index (χ0n) is 9.29. The van der Waals surface area contributed by atoms with E-state index in [1.807, 2.05) is 13.0 Å². The Morgan fingerprint density at radius 2 is 2.38 bits per heavy atom. The first-order chi connectivity index (χ1) is 7.65. The molecule has 1 aliphatic carbocycles. The van der Waals surface area contributed by atoms with Gasteiger partial charge in [0.25, 0.3) is 0 Å². The molecular weight excluding hydrogens is 268 g/mol. The average molecular weight is 283 g/mol. The summed E-state index contributed by atoms with van der Waals surface area (Å²) in [5.41, 5.74) is 1.08. The molecule has 2 rings (SSSR count). The van der Waals surface area contributed by atoms with Crippen molar-refractivity contribution >= 4 is 27.7 Å². The molecule has 1 N–H and O–H groups in total. The minimum Gasteiger partial charge on any atom is -0.311 e. The smallest absolute Gasteiger partial charge is 0.225 e. The van der Waals surface area contributed by atoms with E-state index >= 15 is 0 Å². The van der Waals surface area contributed by atoms with Gasteiger partial charge in [0.15, 0.2) is 0 Å². The molecule has 0 aliphatic heterocycles. The predicted octanol–water partition coefficient (Wildman–Crippen LogP) is 3.28. The van der Waals surface area contributed by atoms with Crippen molar-refractivity contribution in [3.8, 4) is 0 Å². The lowest BCUT2D eigenvalue weighted by molar-refractivity contribution is -0.117. The van der Waals surface area contributed by atoms with E-state index in [2.05, 4.69) is 26.2 Å². The van der Waals surface area contributed by atoms with Crippen LogP contribution in [0.2, 0.25) is 0 Å². The standard InChI is InChI=1S/C12H15BrN2O/c1-8-5-11(14-7-10(8)13)15-12(16)6-9-3-2-4-9/h5,7,9H,2-4,6H2,1H3,(H,14,15,16). The van der Waals surface area contributed by atoms with Crippen LogP contribution in [0.4, 0.5) is 5.82 Å². The topological polar surface area (TPSA) is 42.0 Å². The Balaban J connectivity index is 1.92. The van der Waals surface area contributed by atoms with Gasteiger partial charge in [-0.3, -0.25) is 4.79 Å². The van der Waals surface area contributed by atoms with Gasteiger partial charge in [-0.2, -0.15) is 0 Å². The van der Waals surface area contributed by atoms with Crippen molar-refractivity contribution < 1.29 is 4.79 Å². The third kappa shape index (κ3) is 2.82. The van der Waals surface area contributed by atoms with Crippen LogP contribution in [0.25, 0.3) is 0 Å². The van der Waals surface area contributed by atoms with E-state index in [-0.39, 0.29) is 5.91 Å². The Labute approximate surface area is 104 Å². The third-order valence-electron chi connectivity index (χ3n) is 3.01. The summed E-state index contributed by atoms with van der Waals surface area (Å²) in [5, 5.41) is 2.84. The molecular formula is C12H15BrN2O. The number of aryl methyl sites for hydroxylation is 1. The number of anilines is 1. The lowest BCUT2D eigenvalue weighted by Crippen LogP contribution is -2.21. The van der Waals surface area contributed by atoms with Crippen molar-refractivity contribution in [2.24, 2.45) is 5.92 Å². The van der Waals surface area contributed by atoms with Gasteiger partial charge in [-0.05, 0) is 53.2 Å². The second kappa shape index (κ2) is 4.95. The maximum atomic E-state index is 11.6. The van der Waals surface area contributed by atoms with Gasteiger partial charge in [-0.15, -0.1) is 0 Å².